The van der Waals surface area contributed by atoms with Crippen LogP contribution in [0.3, 0.4) is 0 Å². The molecule has 1 N–H and O–H groups in total. The second-order valence-corrected chi connectivity index (χ2v) is 6.39. The molecule has 2 amide bonds. The van der Waals surface area contributed by atoms with Gasteiger partial charge >= 0.3 is 0 Å². The van der Waals surface area contributed by atoms with E-state index in [9.17, 15) is 9.59 Å². The van der Waals surface area contributed by atoms with Crippen LogP contribution in [-0.4, -0.2) is 36.9 Å². The standard InChI is InChI=1S/C22H28N2O3/c1-4-20(22(26)23-2)24(16-18-10-13-19(27-3)14-11-18)21(25)15-12-17-8-6-5-7-9-17/h5-11,13-14,20H,4,12,15-16H2,1-3H3,(H,23,26). The lowest BCUT2D eigenvalue weighted by Gasteiger charge is -2.30. The summed E-state index contributed by atoms with van der Waals surface area (Å²) in [6, 6.07) is 17.0. The topological polar surface area (TPSA) is 58.6 Å². The van der Waals surface area contributed by atoms with Crippen molar-refractivity contribution in [1.29, 1.82) is 0 Å². The molecule has 2 aromatic rings. The largest absolute Gasteiger partial charge is 0.497 e. The van der Waals surface area contributed by atoms with Crippen LogP contribution >= 0.6 is 0 Å². The third-order valence-electron chi connectivity index (χ3n) is 4.61. The van der Waals surface area contributed by atoms with Gasteiger partial charge in [-0.1, -0.05) is 49.4 Å². The first-order valence-corrected chi connectivity index (χ1v) is 9.27. The molecule has 0 aliphatic heterocycles. The Morgan fingerprint density at radius 1 is 1.04 bits per heavy atom. The molecule has 0 radical (unpaired) electrons. The fraction of sp³-hybridized carbons (Fsp3) is 0.364. The molecule has 1 atom stereocenters. The van der Waals surface area contributed by atoms with Crippen molar-refractivity contribution in [3.05, 3.63) is 65.7 Å². The minimum Gasteiger partial charge on any atom is -0.497 e. The van der Waals surface area contributed by atoms with E-state index in [0.29, 0.717) is 25.8 Å². The molecule has 0 bridgehead atoms. The molecule has 0 aromatic heterocycles. The SMILES string of the molecule is CCC(C(=O)NC)N(Cc1ccc(OC)cc1)C(=O)CCc1ccccc1. The van der Waals surface area contributed by atoms with Crippen molar-refractivity contribution in [3.63, 3.8) is 0 Å². The zero-order chi connectivity index (χ0) is 19.6. The van der Waals surface area contributed by atoms with Crippen molar-refractivity contribution in [2.75, 3.05) is 14.2 Å². The molecule has 0 saturated carbocycles. The highest BCUT2D eigenvalue weighted by Crippen LogP contribution is 2.17. The number of hydrogen-bond acceptors (Lipinski definition) is 3. The van der Waals surface area contributed by atoms with E-state index >= 15 is 0 Å². The average Bonchev–Trinajstić information content (AvgIpc) is 2.72. The van der Waals surface area contributed by atoms with Gasteiger partial charge in [0, 0.05) is 20.0 Å². The number of ether oxygens (including phenoxy) is 1. The Bertz CT molecular complexity index is 729. The fourth-order valence-corrected chi connectivity index (χ4v) is 3.05. The highest BCUT2D eigenvalue weighted by atomic mass is 16.5. The molecule has 0 aliphatic carbocycles. The zero-order valence-electron chi connectivity index (χ0n) is 16.3. The molecule has 1 unspecified atom stereocenters. The third-order valence-corrected chi connectivity index (χ3v) is 4.61. The van der Waals surface area contributed by atoms with Crippen molar-refractivity contribution in [2.24, 2.45) is 0 Å². The molecule has 0 heterocycles. The van der Waals surface area contributed by atoms with E-state index in [2.05, 4.69) is 5.32 Å². The van der Waals surface area contributed by atoms with E-state index in [1.54, 1.807) is 19.1 Å². The normalized spacial score (nSPS) is 11.5. The van der Waals surface area contributed by atoms with Gasteiger partial charge in [0.05, 0.1) is 7.11 Å². The maximum Gasteiger partial charge on any atom is 0.242 e. The van der Waals surface area contributed by atoms with Crippen LogP contribution in [0.25, 0.3) is 0 Å². The van der Waals surface area contributed by atoms with Gasteiger partial charge in [-0.3, -0.25) is 9.59 Å². The minimum atomic E-state index is -0.486. The number of benzene rings is 2. The number of methoxy groups -OCH3 is 1. The van der Waals surface area contributed by atoms with Crippen LogP contribution in [0.15, 0.2) is 54.6 Å². The van der Waals surface area contributed by atoms with Crippen LogP contribution < -0.4 is 10.1 Å². The summed E-state index contributed by atoms with van der Waals surface area (Å²) in [7, 11) is 3.22. The summed E-state index contributed by atoms with van der Waals surface area (Å²) in [5, 5.41) is 2.68. The Labute approximate surface area is 161 Å². The Kier molecular flexibility index (Phi) is 7.86. The van der Waals surface area contributed by atoms with Crippen molar-refractivity contribution in [2.45, 2.75) is 38.8 Å². The molecule has 0 spiro atoms. The van der Waals surface area contributed by atoms with E-state index in [0.717, 1.165) is 16.9 Å². The molecule has 5 nitrogen and oxygen atoms in total. The lowest BCUT2D eigenvalue weighted by molar-refractivity contribution is -0.141. The summed E-state index contributed by atoms with van der Waals surface area (Å²) in [6.45, 7) is 2.31. The number of likely N-dealkylation sites (N-methyl/N-ethyl adjacent to an activating group) is 1. The first kappa shape index (κ1) is 20.5. The van der Waals surface area contributed by atoms with E-state index in [1.807, 2.05) is 61.5 Å². The number of amides is 2. The van der Waals surface area contributed by atoms with Gasteiger partial charge in [0.25, 0.3) is 0 Å². The van der Waals surface area contributed by atoms with Gasteiger partial charge in [-0.25, -0.2) is 0 Å². The van der Waals surface area contributed by atoms with Crippen molar-refractivity contribution in [3.8, 4) is 5.75 Å². The lowest BCUT2D eigenvalue weighted by Crippen LogP contribution is -2.48. The highest BCUT2D eigenvalue weighted by Gasteiger charge is 2.27. The molecule has 0 saturated heterocycles. The average molecular weight is 368 g/mol. The van der Waals surface area contributed by atoms with Crippen LogP contribution in [0.2, 0.25) is 0 Å². The highest BCUT2D eigenvalue weighted by molar-refractivity contribution is 5.87. The number of aryl methyl sites for hydroxylation is 1. The zero-order valence-corrected chi connectivity index (χ0v) is 16.3. The summed E-state index contributed by atoms with van der Waals surface area (Å²) >= 11 is 0. The summed E-state index contributed by atoms with van der Waals surface area (Å²) in [5.74, 6) is 0.600. The first-order valence-electron chi connectivity index (χ1n) is 9.27. The van der Waals surface area contributed by atoms with Crippen LogP contribution in [0.5, 0.6) is 5.75 Å². The van der Waals surface area contributed by atoms with Gasteiger partial charge in [0.1, 0.15) is 11.8 Å². The summed E-state index contributed by atoms with van der Waals surface area (Å²) in [6.07, 6.45) is 1.59. The van der Waals surface area contributed by atoms with Crippen molar-refractivity contribution < 1.29 is 14.3 Å². The quantitative estimate of drug-likeness (QED) is 0.740. The van der Waals surface area contributed by atoms with Gasteiger partial charge in [-0.05, 0) is 36.1 Å². The second kappa shape index (κ2) is 10.4. The van der Waals surface area contributed by atoms with E-state index < -0.39 is 6.04 Å². The third kappa shape index (κ3) is 5.84. The Hall–Kier alpha value is -2.82. The first-order chi connectivity index (χ1) is 13.1. The number of carbonyl (C=O) groups is 2. The van der Waals surface area contributed by atoms with Gasteiger partial charge in [-0.2, -0.15) is 0 Å². The van der Waals surface area contributed by atoms with E-state index in [1.165, 1.54) is 0 Å². The molecule has 5 heteroatoms. The van der Waals surface area contributed by atoms with Crippen LogP contribution in [0.4, 0.5) is 0 Å². The van der Waals surface area contributed by atoms with Gasteiger partial charge in [-0.15, -0.1) is 0 Å². The van der Waals surface area contributed by atoms with Crippen LogP contribution in [0, 0.1) is 0 Å². The van der Waals surface area contributed by atoms with E-state index in [4.69, 9.17) is 4.74 Å². The molecular formula is C22H28N2O3. The smallest absolute Gasteiger partial charge is 0.242 e. The fourth-order valence-electron chi connectivity index (χ4n) is 3.05. The molecule has 2 aromatic carbocycles. The number of nitrogens with zero attached hydrogens (tertiary/aromatic N) is 1. The number of rotatable bonds is 9. The molecule has 27 heavy (non-hydrogen) atoms. The summed E-state index contributed by atoms with van der Waals surface area (Å²) < 4.78 is 5.19. The van der Waals surface area contributed by atoms with Crippen LogP contribution in [-0.2, 0) is 22.6 Å². The molecule has 2 rings (SSSR count). The molecular weight excluding hydrogens is 340 g/mol. The van der Waals surface area contributed by atoms with Gasteiger partial charge < -0.3 is 15.0 Å². The number of hydrogen-bond donors (Lipinski definition) is 1. The van der Waals surface area contributed by atoms with Gasteiger partial charge in [0.2, 0.25) is 11.8 Å². The molecule has 0 aliphatic rings. The second-order valence-electron chi connectivity index (χ2n) is 6.39. The maximum absolute atomic E-state index is 13.0. The maximum atomic E-state index is 13.0. The lowest BCUT2D eigenvalue weighted by atomic mass is 10.1. The minimum absolute atomic E-state index is 0.0230. The number of nitrogens with one attached hydrogen (secondary N) is 1. The Morgan fingerprint density at radius 3 is 2.26 bits per heavy atom. The predicted octanol–water partition coefficient (Wildman–Crippen LogP) is 3.18. The van der Waals surface area contributed by atoms with Crippen molar-refractivity contribution >= 4 is 11.8 Å². The predicted molar refractivity (Wildman–Crippen MR) is 106 cm³/mol. The molecule has 144 valence electrons. The monoisotopic (exact) mass is 368 g/mol. The van der Waals surface area contributed by atoms with Gasteiger partial charge in [0.15, 0.2) is 0 Å². The van der Waals surface area contributed by atoms with E-state index in [-0.39, 0.29) is 11.8 Å². The molecule has 0 fully saturated rings. The Balaban J connectivity index is 2.16. The number of carbonyl (C=O) groups excluding carboxylic acids is 2. The summed E-state index contributed by atoms with van der Waals surface area (Å²) in [4.78, 5) is 27.0. The van der Waals surface area contributed by atoms with Crippen molar-refractivity contribution in [1.82, 2.24) is 10.2 Å². The summed E-state index contributed by atoms with van der Waals surface area (Å²) in [5.41, 5.74) is 2.08. The Morgan fingerprint density at radius 2 is 1.70 bits per heavy atom. The van der Waals surface area contributed by atoms with Crippen LogP contribution in [0.1, 0.15) is 30.9 Å².